The SMILES string of the molecule is CCCn1cc(Cl)c(C(=O)N2CCC[C@H]2c2cnccn2)n1. The molecule has 0 spiro atoms. The van der Waals surface area contributed by atoms with Gasteiger partial charge in [0.15, 0.2) is 5.69 Å². The monoisotopic (exact) mass is 319 g/mol. The molecule has 0 aliphatic carbocycles. The maximum Gasteiger partial charge on any atom is 0.276 e. The number of hydrogen-bond donors (Lipinski definition) is 0. The van der Waals surface area contributed by atoms with E-state index in [9.17, 15) is 4.79 Å². The average molecular weight is 320 g/mol. The Morgan fingerprint density at radius 3 is 3.05 bits per heavy atom. The quantitative estimate of drug-likeness (QED) is 0.869. The standard InChI is InChI=1S/C15H18ClN5O/c1-2-7-20-10-11(16)14(19-20)15(22)21-8-3-4-13(21)12-9-17-5-6-18-12/h5-6,9-10,13H,2-4,7-8H2,1H3/t13-/m0/s1. The van der Waals surface area contributed by atoms with Crippen LogP contribution in [0.2, 0.25) is 5.02 Å². The second-order valence-electron chi connectivity index (χ2n) is 5.38. The molecule has 116 valence electrons. The zero-order chi connectivity index (χ0) is 15.5. The number of hydrogen-bond acceptors (Lipinski definition) is 4. The number of rotatable bonds is 4. The predicted octanol–water partition coefficient (Wildman–Crippen LogP) is 2.71. The van der Waals surface area contributed by atoms with E-state index in [2.05, 4.69) is 22.0 Å². The first-order valence-corrected chi connectivity index (χ1v) is 7.88. The van der Waals surface area contributed by atoms with Gasteiger partial charge in [0.2, 0.25) is 0 Å². The summed E-state index contributed by atoms with van der Waals surface area (Å²) >= 11 is 6.19. The highest BCUT2D eigenvalue weighted by atomic mass is 35.5. The van der Waals surface area contributed by atoms with Crippen LogP contribution in [0.5, 0.6) is 0 Å². The topological polar surface area (TPSA) is 63.9 Å². The fourth-order valence-corrected chi connectivity index (χ4v) is 3.05. The minimum Gasteiger partial charge on any atom is -0.329 e. The third-order valence-electron chi connectivity index (χ3n) is 3.81. The maximum atomic E-state index is 12.8. The number of likely N-dealkylation sites (tertiary alicyclic amines) is 1. The first-order valence-electron chi connectivity index (χ1n) is 7.50. The van der Waals surface area contributed by atoms with Crippen LogP contribution in [0.15, 0.2) is 24.8 Å². The molecule has 1 aliphatic rings. The molecule has 0 bridgehead atoms. The van der Waals surface area contributed by atoms with E-state index in [-0.39, 0.29) is 11.9 Å². The zero-order valence-electron chi connectivity index (χ0n) is 12.4. The normalized spacial score (nSPS) is 17.9. The van der Waals surface area contributed by atoms with Crippen molar-refractivity contribution in [2.24, 2.45) is 0 Å². The molecule has 1 saturated heterocycles. The van der Waals surface area contributed by atoms with Gasteiger partial charge in [-0.15, -0.1) is 0 Å². The molecule has 22 heavy (non-hydrogen) atoms. The fourth-order valence-electron chi connectivity index (χ4n) is 2.82. The Labute approximate surface area is 134 Å². The van der Waals surface area contributed by atoms with E-state index in [0.29, 0.717) is 17.3 Å². The molecule has 2 aromatic heterocycles. The van der Waals surface area contributed by atoms with Crippen LogP contribution in [0.3, 0.4) is 0 Å². The smallest absolute Gasteiger partial charge is 0.276 e. The predicted molar refractivity (Wildman–Crippen MR) is 82.6 cm³/mol. The molecule has 3 heterocycles. The third-order valence-corrected chi connectivity index (χ3v) is 4.09. The summed E-state index contributed by atoms with van der Waals surface area (Å²) in [7, 11) is 0. The van der Waals surface area contributed by atoms with Crippen molar-refractivity contribution < 1.29 is 4.79 Å². The molecule has 0 N–H and O–H groups in total. The molecular weight excluding hydrogens is 302 g/mol. The minimum absolute atomic E-state index is 0.0476. The highest BCUT2D eigenvalue weighted by Gasteiger charge is 2.33. The minimum atomic E-state index is -0.131. The van der Waals surface area contributed by atoms with Crippen molar-refractivity contribution >= 4 is 17.5 Å². The summed E-state index contributed by atoms with van der Waals surface area (Å²) in [5.74, 6) is -0.131. The van der Waals surface area contributed by atoms with Gasteiger partial charge in [-0.25, -0.2) is 0 Å². The van der Waals surface area contributed by atoms with E-state index in [4.69, 9.17) is 11.6 Å². The zero-order valence-corrected chi connectivity index (χ0v) is 13.2. The van der Waals surface area contributed by atoms with Gasteiger partial charge in [-0.3, -0.25) is 19.4 Å². The summed E-state index contributed by atoms with van der Waals surface area (Å²) in [4.78, 5) is 23.0. The van der Waals surface area contributed by atoms with Gasteiger partial charge >= 0.3 is 0 Å². The molecule has 7 heteroatoms. The Morgan fingerprint density at radius 1 is 1.45 bits per heavy atom. The summed E-state index contributed by atoms with van der Waals surface area (Å²) < 4.78 is 1.73. The molecule has 1 amide bonds. The van der Waals surface area contributed by atoms with Crippen LogP contribution < -0.4 is 0 Å². The van der Waals surface area contributed by atoms with Gasteiger partial charge in [0, 0.05) is 31.7 Å². The molecule has 0 radical (unpaired) electrons. The Balaban J connectivity index is 1.85. The number of aryl methyl sites for hydroxylation is 1. The molecule has 6 nitrogen and oxygen atoms in total. The van der Waals surface area contributed by atoms with Crippen LogP contribution in [-0.4, -0.2) is 37.1 Å². The lowest BCUT2D eigenvalue weighted by Gasteiger charge is -2.23. The number of carbonyl (C=O) groups is 1. The number of carbonyl (C=O) groups excluding carboxylic acids is 1. The second-order valence-corrected chi connectivity index (χ2v) is 5.78. The summed E-state index contributed by atoms with van der Waals surface area (Å²) in [6.45, 7) is 3.50. The van der Waals surface area contributed by atoms with Crippen LogP contribution in [0.25, 0.3) is 0 Å². The van der Waals surface area contributed by atoms with E-state index >= 15 is 0 Å². The summed E-state index contributed by atoms with van der Waals surface area (Å²) in [5, 5.41) is 4.74. The van der Waals surface area contributed by atoms with Gasteiger partial charge in [-0.2, -0.15) is 5.10 Å². The van der Waals surface area contributed by atoms with Crippen molar-refractivity contribution in [1.82, 2.24) is 24.6 Å². The maximum absolute atomic E-state index is 12.8. The molecule has 0 aromatic carbocycles. The molecule has 2 aromatic rings. The second kappa shape index (κ2) is 6.44. The van der Waals surface area contributed by atoms with Gasteiger partial charge in [0.25, 0.3) is 5.91 Å². The third kappa shape index (κ3) is 2.83. The molecule has 1 atom stereocenters. The number of nitrogens with zero attached hydrogens (tertiary/aromatic N) is 5. The van der Waals surface area contributed by atoms with E-state index in [1.807, 2.05) is 0 Å². The fraction of sp³-hybridized carbons (Fsp3) is 0.467. The van der Waals surface area contributed by atoms with Crippen molar-refractivity contribution in [3.05, 3.63) is 41.2 Å². The molecule has 1 fully saturated rings. The van der Waals surface area contributed by atoms with Crippen molar-refractivity contribution in [1.29, 1.82) is 0 Å². The van der Waals surface area contributed by atoms with E-state index in [1.54, 1.807) is 34.4 Å². The van der Waals surface area contributed by atoms with E-state index in [1.165, 1.54) is 0 Å². The summed E-state index contributed by atoms with van der Waals surface area (Å²) in [6.07, 6.45) is 9.49. The van der Waals surface area contributed by atoms with E-state index < -0.39 is 0 Å². The van der Waals surface area contributed by atoms with Crippen molar-refractivity contribution in [3.63, 3.8) is 0 Å². The van der Waals surface area contributed by atoms with Crippen molar-refractivity contribution in [3.8, 4) is 0 Å². The average Bonchev–Trinajstić information content (AvgIpc) is 3.15. The Bertz CT molecular complexity index is 657. The molecule has 0 unspecified atom stereocenters. The number of halogens is 1. The molecule has 1 aliphatic heterocycles. The Hall–Kier alpha value is -1.95. The summed E-state index contributed by atoms with van der Waals surface area (Å²) in [5.41, 5.74) is 1.14. The van der Waals surface area contributed by atoms with Gasteiger partial charge < -0.3 is 4.90 Å². The number of aromatic nitrogens is 4. The summed E-state index contributed by atoms with van der Waals surface area (Å²) in [6, 6.07) is -0.0476. The molecular formula is C15H18ClN5O. The lowest BCUT2D eigenvalue weighted by Crippen LogP contribution is -2.31. The molecule has 0 saturated carbocycles. The van der Waals surface area contributed by atoms with Gasteiger partial charge in [-0.05, 0) is 19.3 Å². The van der Waals surface area contributed by atoms with Gasteiger partial charge in [0.05, 0.1) is 23.0 Å². The van der Waals surface area contributed by atoms with Crippen molar-refractivity contribution in [2.45, 2.75) is 38.8 Å². The van der Waals surface area contributed by atoms with Crippen molar-refractivity contribution in [2.75, 3.05) is 6.54 Å². The van der Waals surface area contributed by atoms with Crippen LogP contribution >= 0.6 is 11.6 Å². The Kier molecular flexibility index (Phi) is 4.38. The highest BCUT2D eigenvalue weighted by Crippen LogP contribution is 2.32. The van der Waals surface area contributed by atoms with Gasteiger partial charge in [0.1, 0.15) is 0 Å². The first kappa shape index (κ1) is 15.0. The van der Waals surface area contributed by atoms with Crippen LogP contribution in [0.4, 0.5) is 0 Å². The highest BCUT2D eigenvalue weighted by molar-refractivity contribution is 6.33. The molecule has 3 rings (SSSR count). The first-order chi connectivity index (χ1) is 10.7. The lowest BCUT2D eigenvalue weighted by atomic mass is 10.1. The van der Waals surface area contributed by atoms with E-state index in [0.717, 1.165) is 31.5 Å². The van der Waals surface area contributed by atoms with Gasteiger partial charge in [-0.1, -0.05) is 18.5 Å². The largest absolute Gasteiger partial charge is 0.329 e. The van der Waals surface area contributed by atoms with Crippen LogP contribution in [-0.2, 0) is 6.54 Å². The lowest BCUT2D eigenvalue weighted by molar-refractivity contribution is 0.0726. The Morgan fingerprint density at radius 2 is 2.32 bits per heavy atom. The van der Waals surface area contributed by atoms with Crippen LogP contribution in [0, 0.1) is 0 Å². The van der Waals surface area contributed by atoms with Crippen LogP contribution in [0.1, 0.15) is 48.4 Å². The number of amides is 1.